The van der Waals surface area contributed by atoms with Crippen LogP contribution in [0, 0.1) is 0 Å². The van der Waals surface area contributed by atoms with Gasteiger partial charge in [0.05, 0.1) is 6.20 Å². The van der Waals surface area contributed by atoms with E-state index >= 15 is 0 Å². The molecule has 98 valence electrons. The lowest BCUT2D eigenvalue weighted by Crippen LogP contribution is -2.32. The number of carbonyl (C=O) groups is 1. The molecule has 0 spiro atoms. The molecule has 5 nitrogen and oxygen atoms in total. The van der Waals surface area contributed by atoms with E-state index in [-0.39, 0.29) is 11.3 Å². The van der Waals surface area contributed by atoms with Crippen LogP contribution in [-0.2, 0) is 5.41 Å². The average Bonchev–Trinajstić information content (AvgIpc) is 3.12. The van der Waals surface area contributed by atoms with Crippen LogP contribution >= 0.6 is 0 Å². The quantitative estimate of drug-likeness (QED) is 0.774. The zero-order chi connectivity index (χ0) is 13.3. The van der Waals surface area contributed by atoms with E-state index in [4.69, 9.17) is 5.73 Å². The number of nitrogens with two attached hydrogens (primary N) is 1. The zero-order valence-electron chi connectivity index (χ0n) is 10.5. The predicted molar refractivity (Wildman–Crippen MR) is 72.7 cm³/mol. The normalized spacial score (nSPS) is 16.0. The van der Waals surface area contributed by atoms with E-state index in [0.717, 1.165) is 12.8 Å². The van der Waals surface area contributed by atoms with E-state index in [9.17, 15) is 4.79 Å². The highest BCUT2D eigenvalue weighted by molar-refractivity contribution is 5.98. The molecule has 1 amide bonds. The zero-order valence-corrected chi connectivity index (χ0v) is 10.5. The third-order valence-electron chi connectivity index (χ3n) is 3.74. The minimum Gasteiger partial charge on any atom is -0.383 e. The van der Waals surface area contributed by atoms with Gasteiger partial charge < -0.3 is 11.1 Å². The average molecular weight is 256 g/mol. The number of benzene rings is 1. The Morgan fingerprint density at radius 2 is 2.11 bits per heavy atom. The molecular weight excluding hydrogens is 240 g/mol. The van der Waals surface area contributed by atoms with Gasteiger partial charge in [-0.2, -0.15) is 5.10 Å². The Bertz CT molecular complexity index is 587. The van der Waals surface area contributed by atoms with Crippen molar-refractivity contribution in [2.45, 2.75) is 18.3 Å². The highest BCUT2D eigenvalue weighted by Crippen LogP contribution is 2.47. The lowest BCUT2D eigenvalue weighted by molar-refractivity contribution is 0.0950. The van der Waals surface area contributed by atoms with E-state index in [2.05, 4.69) is 27.6 Å². The number of anilines is 1. The van der Waals surface area contributed by atoms with E-state index in [1.165, 1.54) is 11.8 Å². The van der Waals surface area contributed by atoms with Crippen molar-refractivity contribution in [3.63, 3.8) is 0 Å². The summed E-state index contributed by atoms with van der Waals surface area (Å²) in [6.07, 6.45) is 3.67. The highest BCUT2D eigenvalue weighted by atomic mass is 16.1. The number of nitrogens with one attached hydrogen (secondary N) is 2. The summed E-state index contributed by atoms with van der Waals surface area (Å²) in [5, 5.41) is 9.26. The second-order valence-electron chi connectivity index (χ2n) is 5.03. The summed E-state index contributed by atoms with van der Waals surface area (Å²) in [6.45, 7) is 0.639. The molecule has 0 saturated heterocycles. The fraction of sp³-hybridized carbons (Fsp3) is 0.286. The molecule has 1 saturated carbocycles. The molecule has 4 N–H and O–H groups in total. The van der Waals surface area contributed by atoms with Gasteiger partial charge in [0.1, 0.15) is 11.4 Å². The second-order valence-corrected chi connectivity index (χ2v) is 5.03. The van der Waals surface area contributed by atoms with Crippen molar-refractivity contribution in [3.05, 3.63) is 47.7 Å². The molecule has 19 heavy (non-hydrogen) atoms. The molecule has 1 aliphatic carbocycles. The summed E-state index contributed by atoms with van der Waals surface area (Å²) < 4.78 is 0. The Morgan fingerprint density at radius 3 is 2.68 bits per heavy atom. The second kappa shape index (κ2) is 4.42. The van der Waals surface area contributed by atoms with Gasteiger partial charge in [-0.05, 0) is 18.4 Å². The minimum absolute atomic E-state index is 0.107. The monoisotopic (exact) mass is 256 g/mol. The SMILES string of the molecule is Nc1[nH]ncc1C(=O)NCC1(c2ccccc2)CC1. The maximum atomic E-state index is 12.0. The Hall–Kier alpha value is -2.30. The van der Waals surface area contributed by atoms with E-state index in [1.54, 1.807) is 0 Å². The molecule has 1 aliphatic rings. The van der Waals surface area contributed by atoms with Gasteiger partial charge in [-0.1, -0.05) is 30.3 Å². The van der Waals surface area contributed by atoms with Gasteiger partial charge in [0.25, 0.3) is 5.91 Å². The predicted octanol–water partition coefficient (Wildman–Crippen LogP) is 1.45. The molecule has 0 atom stereocenters. The maximum absolute atomic E-state index is 12.0. The van der Waals surface area contributed by atoms with Gasteiger partial charge in [-0.3, -0.25) is 9.89 Å². The van der Waals surface area contributed by atoms with Gasteiger partial charge in [0.15, 0.2) is 0 Å². The standard InChI is InChI=1S/C14H16N4O/c15-12-11(8-17-18-12)13(19)16-9-14(6-7-14)10-4-2-1-3-5-10/h1-5,8H,6-7,9H2,(H,16,19)(H3,15,17,18). The molecule has 2 aromatic rings. The molecule has 1 fully saturated rings. The Balaban J connectivity index is 1.67. The van der Waals surface area contributed by atoms with Crippen molar-refractivity contribution < 1.29 is 4.79 Å². The van der Waals surface area contributed by atoms with Crippen LogP contribution in [0.15, 0.2) is 36.5 Å². The molecule has 1 aromatic heterocycles. The van der Waals surface area contributed by atoms with Crippen LogP contribution in [0.1, 0.15) is 28.8 Å². The number of nitrogen functional groups attached to an aromatic ring is 1. The lowest BCUT2D eigenvalue weighted by Gasteiger charge is -2.16. The first-order chi connectivity index (χ1) is 9.21. The molecule has 0 bridgehead atoms. The van der Waals surface area contributed by atoms with Crippen LogP contribution in [0.2, 0.25) is 0 Å². The van der Waals surface area contributed by atoms with Crippen LogP contribution in [-0.4, -0.2) is 22.6 Å². The Labute approximate surface area is 111 Å². The number of amides is 1. The first-order valence-corrected chi connectivity index (χ1v) is 6.34. The summed E-state index contributed by atoms with van der Waals surface area (Å²) in [5.41, 5.74) is 7.43. The lowest BCUT2D eigenvalue weighted by atomic mass is 9.96. The van der Waals surface area contributed by atoms with Crippen molar-refractivity contribution in [2.24, 2.45) is 0 Å². The summed E-state index contributed by atoms with van der Waals surface area (Å²) in [7, 11) is 0. The van der Waals surface area contributed by atoms with Gasteiger partial charge in [0, 0.05) is 12.0 Å². The third-order valence-corrected chi connectivity index (χ3v) is 3.74. The Morgan fingerprint density at radius 1 is 1.37 bits per heavy atom. The molecule has 1 heterocycles. The van der Waals surface area contributed by atoms with Crippen LogP contribution in [0.5, 0.6) is 0 Å². The van der Waals surface area contributed by atoms with Gasteiger partial charge in [-0.25, -0.2) is 0 Å². The highest BCUT2D eigenvalue weighted by Gasteiger charge is 2.44. The largest absolute Gasteiger partial charge is 0.383 e. The van der Waals surface area contributed by atoms with Crippen LogP contribution < -0.4 is 11.1 Å². The van der Waals surface area contributed by atoms with Gasteiger partial charge >= 0.3 is 0 Å². The number of hydrogen-bond acceptors (Lipinski definition) is 3. The topological polar surface area (TPSA) is 83.8 Å². The number of aromatic nitrogens is 2. The number of H-pyrrole nitrogens is 1. The van der Waals surface area contributed by atoms with Crippen molar-refractivity contribution in [1.29, 1.82) is 0 Å². The van der Waals surface area contributed by atoms with Crippen LogP contribution in [0.3, 0.4) is 0 Å². The van der Waals surface area contributed by atoms with Crippen molar-refractivity contribution in [2.75, 3.05) is 12.3 Å². The molecule has 5 heteroatoms. The molecule has 0 aliphatic heterocycles. The first-order valence-electron chi connectivity index (χ1n) is 6.34. The van der Waals surface area contributed by atoms with Crippen molar-refractivity contribution in [1.82, 2.24) is 15.5 Å². The maximum Gasteiger partial charge on any atom is 0.256 e. The van der Waals surface area contributed by atoms with E-state index < -0.39 is 0 Å². The smallest absolute Gasteiger partial charge is 0.256 e. The van der Waals surface area contributed by atoms with E-state index in [0.29, 0.717) is 17.9 Å². The Kier molecular flexibility index (Phi) is 2.74. The summed E-state index contributed by atoms with van der Waals surface area (Å²) in [4.78, 5) is 12.0. The molecule has 0 radical (unpaired) electrons. The third kappa shape index (κ3) is 2.19. The number of rotatable bonds is 4. The van der Waals surface area contributed by atoms with E-state index in [1.807, 2.05) is 18.2 Å². The summed E-state index contributed by atoms with van der Waals surface area (Å²) >= 11 is 0. The summed E-state index contributed by atoms with van der Waals surface area (Å²) in [5.74, 6) is 0.135. The molecule has 0 unspecified atom stereocenters. The number of carbonyl (C=O) groups excluding carboxylic acids is 1. The van der Waals surface area contributed by atoms with Crippen LogP contribution in [0.25, 0.3) is 0 Å². The number of hydrogen-bond donors (Lipinski definition) is 3. The van der Waals surface area contributed by atoms with Crippen molar-refractivity contribution in [3.8, 4) is 0 Å². The van der Waals surface area contributed by atoms with Gasteiger partial charge in [-0.15, -0.1) is 0 Å². The molecule has 1 aromatic carbocycles. The molecular formula is C14H16N4O. The minimum atomic E-state index is -0.173. The van der Waals surface area contributed by atoms with Gasteiger partial charge in [0.2, 0.25) is 0 Å². The summed E-state index contributed by atoms with van der Waals surface area (Å²) in [6, 6.07) is 10.3. The first kappa shape index (κ1) is 11.8. The fourth-order valence-corrected chi connectivity index (χ4v) is 2.33. The molecule has 3 rings (SSSR count). The van der Waals surface area contributed by atoms with Crippen LogP contribution in [0.4, 0.5) is 5.82 Å². The van der Waals surface area contributed by atoms with Crippen molar-refractivity contribution >= 4 is 11.7 Å². The number of aromatic amines is 1. The number of nitrogens with zero attached hydrogens (tertiary/aromatic N) is 1. The fourth-order valence-electron chi connectivity index (χ4n) is 2.33.